The van der Waals surface area contributed by atoms with Gasteiger partial charge in [-0.05, 0) is 45.9 Å². The molecule has 0 fully saturated rings. The van der Waals surface area contributed by atoms with Gasteiger partial charge in [-0.2, -0.15) is 0 Å². The lowest BCUT2D eigenvalue weighted by atomic mass is 10.0. The van der Waals surface area contributed by atoms with E-state index in [0.29, 0.717) is 23.7 Å². The Balaban J connectivity index is 2.04. The van der Waals surface area contributed by atoms with Gasteiger partial charge in [0.2, 0.25) is 5.88 Å². The Kier molecular flexibility index (Phi) is 7.00. The molecule has 0 saturated carbocycles. The van der Waals surface area contributed by atoms with Gasteiger partial charge in [-0.3, -0.25) is 4.79 Å². The van der Waals surface area contributed by atoms with E-state index in [9.17, 15) is 4.79 Å². The van der Waals surface area contributed by atoms with Crippen LogP contribution in [0.15, 0.2) is 59.1 Å². The molecular formula is C25H31N3O3. The second-order valence-electron chi connectivity index (χ2n) is 8.14. The van der Waals surface area contributed by atoms with Crippen molar-refractivity contribution in [2.24, 2.45) is 0 Å². The number of aromatic nitrogens is 1. The Labute approximate surface area is 184 Å². The standard InChI is InChI=1S/C25H31N3O3/c1-17(2)27(5)25-22(23(26-31-25)19-11-8-7-9-12-19)16-28(18(3)4)24(29)20-13-10-14-21(15-20)30-6/h7-15,17-18H,16H2,1-6H3. The topological polar surface area (TPSA) is 58.8 Å². The van der Waals surface area contributed by atoms with Crippen molar-refractivity contribution in [2.75, 3.05) is 19.1 Å². The van der Waals surface area contributed by atoms with Crippen LogP contribution in [0.2, 0.25) is 0 Å². The summed E-state index contributed by atoms with van der Waals surface area (Å²) in [4.78, 5) is 17.3. The molecule has 0 aliphatic heterocycles. The third kappa shape index (κ3) is 4.90. The Bertz CT molecular complexity index is 1010. The molecule has 0 spiro atoms. The summed E-state index contributed by atoms with van der Waals surface area (Å²) in [5, 5.41) is 4.39. The monoisotopic (exact) mass is 421 g/mol. The maximum atomic E-state index is 13.4. The number of methoxy groups -OCH3 is 1. The van der Waals surface area contributed by atoms with Gasteiger partial charge in [-0.25, -0.2) is 0 Å². The molecule has 164 valence electrons. The van der Waals surface area contributed by atoms with Gasteiger partial charge in [0.1, 0.15) is 11.4 Å². The quantitative estimate of drug-likeness (QED) is 0.497. The van der Waals surface area contributed by atoms with Gasteiger partial charge < -0.3 is 19.1 Å². The average Bonchev–Trinajstić information content (AvgIpc) is 3.20. The Morgan fingerprint density at radius 1 is 1.03 bits per heavy atom. The van der Waals surface area contributed by atoms with E-state index < -0.39 is 0 Å². The highest BCUT2D eigenvalue weighted by Crippen LogP contribution is 2.33. The van der Waals surface area contributed by atoms with Crippen LogP contribution in [0, 0.1) is 0 Å². The maximum Gasteiger partial charge on any atom is 0.254 e. The lowest BCUT2D eigenvalue weighted by Crippen LogP contribution is -2.37. The molecule has 3 aromatic rings. The fraction of sp³-hybridized carbons (Fsp3) is 0.360. The van der Waals surface area contributed by atoms with Crippen molar-refractivity contribution in [3.05, 3.63) is 65.7 Å². The van der Waals surface area contributed by atoms with Crippen LogP contribution in [0.1, 0.15) is 43.6 Å². The van der Waals surface area contributed by atoms with E-state index in [1.807, 2.05) is 79.2 Å². The number of carbonyl (C=O) groups excluding carboxylic acids is 1. The molecule has 6 nitrogen and oxygen atoms in total. The van der Waals surface area contributed by atoms with Crippen molar-refractivity contribution in [3.8, 4) is 17.0 Å². The largest absolute Gasteiger partial charge is 0.497 e. The van der Waals surface area contributed by atoms with Gasteiger partial charge >= 0.3 is 0 Å². The summed E-state index contributed by atoms with van der Waals surface area (Å²) in [7, 11) is 3.58. The lowest BCUT2D eigenvalue weighted by molar-refractivity contribution is 0.0690. The van der Waals surface area contributed by atoms with Gasteiger partial charge in [-0.1, -0.05) is 41.6 Å². The lowest BCUT2D eigenvalue weighted by Gasteiger charge is -2.29. The third-order valence-corrected chi connectivity index (χ3v) is 5.44. The predicted molar refractivity (Wildman–Crippen MR) is 123 cm³/mol. The second-order valence-corrected chi connectivity index (χ2v) is 8.14. The second kappa shape index (κ2) is 9.69. The van der Waals surface area contributed by atoms with E-state index >= 15 is 0 Å². The minimum Gasteiger partial charge on any atom is -0.497 e. The van der Waals surface area contributed by atoms with E-state index in [0.717, 1.165) is 16.8 Å². The van der Waals surface area contributed by atoms with Crippen molar-refractivity contribution >= 4 is 11.8 Å². The molecule has 0 bridgehead atoms. The number of anilines is 1. The highest BCUT2D eigenvalue weighted by molar-refractivity contribution is 5.95. The minimum atomic E-state index is -0.0627. The van der Waals surface area contributed by atoms with Crippen molar-refractivity contribution in [1.82, 2.24) is 10.1 Å². The predicted octanol–water partition coefficient (Wildman–Crippen LogP) is 5.25. The van der Waals surface area contributed by atoms with E-state index in [1.54, 1.807) is 13.2 Å². The normalized spacial score (nSPS) is 11.1. The molecule has 1 heterocycles. The smallest absolute Gasteiger partial charge is 0.254 e. The summed E-state index contributed by atoms with van der Waals surface area (Å²) in [5.41, 5.74) is 3.20. The van der Waals surface area contributed by atoms with Gasteiger partial charge in [0.05, 0.1) is 19.2 Å². The van der Waals surface area contributed by atoms with Crippen molar-refractivity contribution in [1.29, 1.82) is 0 Å². The number of rotatable bonds is 8. The number of benzene rings is 2. The minimum absolute atomic E-state index is 0.0190. The molecule has 3 rings (SSSR count). The molecule has 0 radical (unpaired) electrons. The molecule has 0 unspecified atom stereocenters. The van der Waals surface area contributed by atoms with Crippen molar-refractivity contribution in [2.45, 2.75) is 46.3 Å². The molecule has 0 N–H and O–H groups in total. The number of amides is 1. The first-order valence-electron chi connectivity index (χ1n) is 10.5. The number of ether oxygens (including phenoxy) is 1. The van der Waals surface area contributed by atoms with Gasteiger partial charge in [0.25, 0.3) is 5.91 Å². The molecular weight excluding hydrogens is 390 g/mol. The SMILES string of the molecule is COc1cccc(C(=O)N(Cc2c(-c3ccccc3)noc2N(C)C(C)C)C(C)C)c1. The van der Waals surface area contributed by atoms with Crippen molar-refractivity contribution < 1.29 is 14.1 Å². The van der Waals surface area contributed by atoms with Crippen LogP contribution in [-0.4, -0.2) is 42.2 Å². The summed E-state index contributed by atoms with van der Waals surface area (Å²) in [5.74, 6) is 1.27. The van der Waals surface area contributed by atoms with Crippen LogP contribution in [0.3, 0.4) is 0 Å². The zero-order valence-corrected chi connectivity index (χ0v) is 19.1. The highest BCUT2D eigenvalue weighted by Gasteiger charge is 2.27. The molecule has 0 atom stereocenters. The molecule has 0 aliphatic rings. The summed E-state index contributed by atoms with van der Waals surface area (Å²) in [6, 6.07) is 17.4. The molecule has 31 heavy (non-hydrogen) atoms. The third-order valence-electron chi connectivity index (χ3n) is 5.44. The summed E-state index contributed by atoms with van der Waals surface area (Å²) in [6.45, 7) is 8.60. The summed E-state index contributed by atoms with van der Waals surface area (Å²) in [6.07, 6.45) is 0. The number of hydrogen-bond donors (Lipinski definition) is 0. The van der Waals surface area contributed by atoms with E-state index in [4.69, 9.17) is 9.26 Å². The average molecular weight is 422 g/mol. The molecule has 0 saturated heterocycles. The number of carbonyl (C=O) groups is 1. The van der Waals surface area contributed by atoms with Crippen molar-refractivity contribution in [3.63, 3.8) is 0 Å². The molecule has 1 amide bonds. The van der Waals surface area contributed by atoms with Crippen LogP contribution in [0.25, 0.3) is 11.3 Å². The molecule has 1 aromatic heterocycles. The first-order chi connectivity index (χ1) is 14.8. The first kappa shape index (κ1) is 22.4. The molecule has 2 aromatic carbocycles. The number of hydrogen-bond acceptors (Lipinski definition) is 5. The van der Waals surface area contributed by atoms with E-state index in [-0.39, 0.29) is 18.0 Å². The molecule has 0 aliphatic carbocycles. The summed E-state index contributed by atoms with van der Waals surface area (Å²) < 4.78 is 11.1. The van der Waals surface area contributed by atoms with E-state index in [2.05, 4.69) is 19.0 Å². The summed E-state index contributed by atoms with van der Waals surface area (Å²) >= 11 is 0. The van der Waals surface area contributed by atoms with Gasteiger partial charge in [0.15, 0.2) is 0 Å². The van der Waals surface area contributed by atoms with Crippen LogP contribution in [0.4, 0.5) is 5.88 Å². The van der Waals surface area contributed by atoms with Crippen LogP contribution in [0.5, 0.6) is 5.75 Å². The highest BCUT2D eigenvalue weighted by atomic mass is 16.5. The Morgan fingerprint density at radius 3 is 2.35 bits per heavy atom. The number of nitrogens with zero attached hydrogens (tertiary/aromatic N) is 3. The van der Waals surface area contributed by atoms with E-state index in [1.165, 1.54) is 0 Å². The van der Waals surface area contributed by atoms with Gasteiger partial charge in [0, 0.05) is 30.3 Å². The van der Waals surface area contributed by atoms with Crippen LogP contribution in [-0.2, 0) is 6.54 Å². The zero-order chi connectivity index (χ0) is 22.5. The Hall–Kier alpha value is -3.28. The maximum absolute atomic E-state index is 13.4. The fourth-order valence-electron chi connectivity index (χ4n) is 3.36. The first-order valence-corrected chi connectivity index (χ1v) is 10.5. The van der Waals surface area contributed by atoms with Crippen LogP contribution >= 0.6 is 0 Å². The van der Waals surface area contributed by atoms with Crippen LogP contribution < -0.4 is 9.64 Å². The zero-order valence-electron chi connectivity index (χ0n) is 19.1. The fourth-order valence-corrected chi connectivity index (χ4v) is 3.36. The Morgan fingerprint density at radius 2 is 1.74 bits per heavy atom. The molecule has 6 heteroatoms. The van der Waals surface area contributed by atoms with Gasteiger partial charge in [-0.15, -0.1) is 0 Å².